The van der Waals surface area contributed by atoms with E-state index in [4.69, 9.17) is 17.2 Å². The van der Waals surface area contributed by atoms with E-state index in [-0.39, 0.29) is 93.5 Å². The standard InChI is InChI=1S/C65H88N14O15S2/c66-27-6-5-11-45-58(87)69-29-7-1-2-13-53(82)71-49(33-40-34-70-44-10-4-3-9-43(40)44)62(91)73-46(24-25-55(84)85)59(88)76-50(57(68)86)35-95-96-36-51(63(92)78-56(39-18-19-39)65(94)75-48(60(89)72-45)32-38-16-22-42(81)23-17-38)77-61(90)47(31-37-14-20-41(80)21-15-37)74-64(93)52-12-8-30-79(52)54(83)26-28-67/h3-4,9-10,14-17,20-23,34,39,45-52,56,70,80-81H,1-2,5-8,11-13,18-19,24-33,35-36,66-67H2,(H2,68,86)(H,69,87)(H,71,82)(H,72,89)(H,73,91)(H,74,93)(H,75,94)(H,76,88)(H,77,90)(H,78,92)(H,84,85)/t45-,46-,47-,48-,49-,50-,51-,52-,56+/m0/s1. The Bertz CT molecular complexity index is 3370. The van der Waals surface area contributed by atoms with Crippen LogP contribution >= 0.6 is 21.6 Å². The topological polar surface area (TPSA) is 471 Å². The third-order valence-corrected chi connectivity index (χ3v) is 19.2. The first-order valence-electron chi connectivity index (χ1n) is 32.4. The average Bonchev–Trinajstić information content (AvgIpc) is 1.57. The second-order valence-corrected chi connectivity index (χ2v) is 26.7. The second-order valence-electron chi connectivity index (χ2n) is 24.2. The lowest BCUT2D eigenvalue weighted by Crippen LogP contribution is -2.61. The SMILES string of the molecule is NCCCC[C@@H]1NC(=O)[C@H](Cc2ccc(O)cc2)NC(=O)[C@@H](C2CC2)NC(=O)[C@@H](NC(=O)[C@H](Cc2ccc(O)cc2)NC(=O)[C@@H]2CCCN2C(=O)CCN)CSSC[C@@H](C(N)=O)NC(=O)[C@H](CCC(=O)O)NC(=O)[C@H](Cc2c[nH]c3ccccc23)NC(=O)CCCCCNC1=O. The van der Waals surface area contributed by atoms with Gasteiger partial charge in [-0.15, -0.1) is 0 Å². The number of fused-ring (bicyclic) bond motifs is 1. The number of carboxylic acid groups (broad SMARTS) is 1. The van der Waals surface area contributed by atoms with Crippen molar-refractivity contribution in [2.24, 2.45) is 23.1 Å². The van der Waals surface area contributed by atoms with Crippen molar-refractivity contribution < 1.29 is 72.9 Å². The van der Waals surface area contributed by atoms with Crippen molar-refractivity contribution in [1.82, 2.24) is 57.7 Å². The molecule has 3 aromatic carbocycles. The van der Waals surface area contributed by atoms with Crippen LogP contribution < -0.4 is 65.1 Å². The quantitative estimate of drug-likeness (QED) is 0.0379. The van der Waals surface area contributed by atoms with Crippen molar-refractivity contribution in [2.45, 2.75) is 164 Å². The zero-order valence-corrected chi connectivity index (χ0v) is 54.9. The minimum absolute atomic E-state index is 0.0251. The van der Waals surface area contributed by atoms with Crippen LogP contribution in [0.5, 0.6) is 11.5 Å². The number of benzene rings is 3. The average molecular weight is 1370 g/mol. The Morgan fingerprint density at radius 3 is 1.95 bits per heavy atom. The van der Waals surface area contributed by atoms with Gasteiger partial charge in [-0.05, 0) is 124 Å². The fraction of sp³-hybridized carbons (Fsp3) is 0.508. The lowest BCUT2D eigenvalue weighted by atomic mass is 10.0. The lowest BCUT2D eigenvalue weighted by Gasteiger charge is -2.28. The van der Waals surface area contributed by atoms with E-state index < -0.39 is 138 Å². The number of phenolic OH excluding ortho intramolecular Hbond substituents is 2. The molecule has 29 nitrogen and oxygen atoms in total. The molecule has 3 fully saturated rings. The molecule has 0 spiro atoms. The summed E-state index contributed by atoms with van der Waals surface area (Å²) in [6.45, 7) is 0.736. The number of hydrogen-bond acceptors (Lipinski definition) is 18. The number of primary amides is 1. The predicted molar refractivity (Wildman–Crippen MR) is 358 cm³/mol. The van der Waals surface area contributed by atoms with Gasteiger partial charge < -0.3 is 90.3 Å². The molecule has 0 bridgehead atoms. The Morgan fingerprint density at radius 2 is 1.28 bits per heavy atom. The number of nitrogens with zero attached hydrogens (tertiary/aromatic N) is 1. The molecule has 4 aromatic rings. The maximum Gasteiger partial charge on any atom is 0.303 e. The highest BCUT2D eigenvalue weighted by molar-refractivity contribution is 8.76. The Hall–Kier alpha value is -8.94. The molecule has 520 valence electrons. The number of para-hydroxylation sites is 1. The molecular formula is C65H88N14O15S2. The summed E-state index contributed by atoms with van der Waals surface area (Å²) in [5.41, 5.74) is 19.7. The van der Waals surface area contributed by atoms with Crippen molar-refractivity contribution in [3.05, 3.63) is 95.7 Å². The van der Waals surface area contributed by atoms with Crippen LogP contribution in [0.25, 0.3) is 10.9 Å². The number of aromatic hydroxyl groups is 2. The first kappa shape index (κ1) is 74.5. The minimum Gasteiger partial charge on any atom is -0.508 e. The van der Waals surface area contributed by atoms with Crippen LogP contribution in [0, 0.1) is 5.92 Å². The number of H-pyrrole nitrogens is 1. The van der Waals surface area contributed by atoms with Crippen LogP contribution in [0.1, 0.15) is 107 Å². The number of rotatable bonds is 21. The van der Waals surface area contributed by atoms with Crippen LogP contribution in [0.15, 0.2) is 79.0 Å². The second kappa shape index (κ2) is 37.4. The number of aliphatic carboxylic acids is 1. The van der Waals surface area contributed by atoms with Gasteiger partial charge in [0.2, 0.25) is 65.0 Å². The number of aromatic nitrogens is 1. The van der Waals surface area contributed by atoms with Crippen molar-refractivity contribution in [2.75, 3.05) is 37.7 Å². The smallest absolute Gasteiger partial charge is 0.303 e. The number of likely N-dealkylation sites (tertiary alicyclic amines) is 1. The summed E-state index contributed by atoms with van der Waals surface area (Å²) in [6, 6.07) is 6.82. The number of nitrogens with one attached hydrogen (secondary N) is 10. The molecular weight excluding hydrogens is 1280 g/mol. The van der Waals surface area contributed by atoms with Gasteiger partial charge in [-0.3, -0.25) is 57.5 Å². The summed E-state index contributed by atoms with van der Waals surface area (Å²) < 4.78 is 0. The number of carbonyl (C=O) groups excluding carboxylic acids is 11. The summed E-state index contributed by atoms with van der Waals surface area (Å²) in [7, 11) is 1.84. The van der Waals surface area contributed by atoms with E-state index in [0.717, 1.165) is 32.5 Å². The van der Waals surface area contributed by atoms with E-state index in [0.29, 0.717) is 74.6 Å². The van der Waals surface area contributed by atoms with Crippen molar-refractivity contribution in [3.63, 3.8) is 0 Å². The highest BCUT2D eigenvalue weighted by Gasteiger charge is 2.42. The molecule has 9 atom stereocenters. The van der Waals surface area contributed by atoms with Gasteiger partial charge in [0.1, 0.15) is 65.9 Å². The molecule has 7 rings (SSSR count). The molecule has 1 aromatic heterocycles. The summed E-state index contributed by atoms with van der Waals surface area (Å²) in [5.74, 6) is -10.9. The monoisotopic (exact) mass is 1370 g/mol. The van der Waals surface area contributed by atoms with Gasteiger partial charge in [0.25, 0.3) is 0 Å². The molecule has 1 aliphatic carbocycles. The predicted octanol–water partition coefficient (Wildman–Crippen LogP) is -0.214. The van der Waals surface area contributed by atoms with Crippen LogP contribution in [-0.2, 0) is 76.8 Å². The first-order valence-corrected chi connectivity index (χ1v) is 34.9. The fourth-order valence-corrected chi connectivity index (χ4v) is 13.6. The number of phenols is 2. The highest BCUT2D eigenvalue weighted by atomic mass is 33.1. The van der Waals surface area contributed by atoms with Gasteiger partial charge in [-0.1, -0.05) is 70.5 Å². The Balaban J connectivity index is 1.21. The van der Waals surface area contributed by atoms with E-state index in [2.05, 4.69) is 52.8 Å². The fourth-order valence-electron chi connectivity index (χ4n) is 11.3. The summed E-state index contributed by atoms with van der Waals surface area (Å²) in [5, 5.41) is 55.4. The van der Waals surface area contributed by atoms with Gasteiger partial charge in [0.15, 0.2) is 0 Å². The lowest BCUT2D eigenvalue weighted by molar-refractivity contribution is -0.139. The van der Waals surface area contributed by atoms with Gasteiger partial charge in [0.05, 0.1) is 0 Å². The van der Waals surface area contributed by atoms with E-state index in [1.807, 2.05) is 18.2 Å². The zero-order chi connectivity index (χ0) is 69.3. The molecule has 3 aliphatic rings. The molecule has 31 heteroatoms. The Morgan fingerprint density at radius 1 is 0.635 bits per heavy atom. The third kappa shape index (κ3) is 23.2. The van der Waals surface area contributed by atoms with Crippen LogP contribution in [-0.4, -0.2) is 188 Å². The maximum atomic E-state index is 15.0. The molecule has 11 amide bonds. The van der Waals surface area contributed by atoms with E-state index in [1.165, 1.54) is 41.3 Å². The Labute approximate surface area is 563 Å². The van der Waals surface area contributed by atoms with E-state index in [1.54, 1.807) is 24.4 Å². The third-order valence-electron chi connectivity index (χ3n) is 16.8. The molecule has 3 heterocycles. The number of nitrogens with two attached hydrogens (primary N) is 3. The molecule has 96 heavy (non-hydrogen) atoms. The number of hydrogen-bond donors (Lipinski definition) is 16. The number of carboxylic acids is 1. The van der Waals surface area contributed by atoms with Gasteiger partial charge in [0, 0.05) is 86.8 Å². The molecule has 2 aliphatic heterocycles. The molecule has 19 N–H and O–H groups in total. The number of amides is 11. The normalized spacial score (nSPS) is 23.1. The van der Waals surface area contributed by atoms with Crippen molar-refractivity contribution in [3.8, 4) is 11.5 Å². The summed E-state index contributed by atoms with van der Waals surface area (Å²) in [4.78, 5) is 172. The molecule has 2 saturated heterocycles. The van der Waals surface area contributed by atoms with Crippen LogP contribution in [0.2, 0.25) is 0 Å². The summed E-state index contributed by atoms with van der Waals surface area (Å²) in [6.07, 6.45) is 4.05. The van der Waals surface area contributed by atoms with Gasteiger partial charge >= 0.3 is 5.97 Å². The van der Waals surface area contributed by atoms with Crippen molar-refractivity contribution >= 4 is 103 Å². The van der Waals surface area contributed by atoms with Gasteiger partial charge in [-0.25, -0.2) is 0 Å². The van der Waals surface area contributed by atoms with Gasteiger partial charge in [-0.2, -0.15) is 0 Å². The maximum absolute atomic E-state index is 15.0. The van der Waals surface area contributed by atoms with Crippen LogP contribution in [0.3, 0.4) is 0 Å². The number of aromatic amines is 1. The molecule has 0 unspecified atom stereocenters. The number of carbonyl (C=O) groups is 12. The largest absolute Gasteiger partial charge is 0.508 e. The van der Waals surface area contributed by atoms with Crippen LogP contribution in [0.4, 0.5) is 0 Å². The van der Waals surface area contributed by atoms with Crippen molar-refractivity contribution in [1.29, 1.82) is 0 Å². The minimum atomic E-state index is -1.58. The number of unbranched alkanes of at least 4 members (excludes halogenated alkanes) is 1. The van der Waals surface area contributed by atoms with E-state index >= 15 is 0 Å². The Kier molecular flexibility index (Phi) is 29.0. The highest BCUT2D eigenvalue weighted by Crippen LogP contribution is 2.33. The summed E-state index contributed by atoms with van der Waals surface area (Å²) >= 11 is 0. The van der Waals surface area contributed by atoms with E-state index in [9.17, 15) is 72.9 Å². The molecule has 1 saturated carbocycles. The zero-order valence-electron chi connectivity index (χ0n) is 53.3. The first-order chi connectivity index (χ1) is 46.1. The molecule has 0 radical (unpaired) electrons.